The van der Waals surface area contributed by atoms with Gasteiger partial charge in [0.2, 0.25) is 0 Å². The first kappa shape index (κ1) is 15.7. The van der Waals surface area contributed by atoms with Crippen molar-refractivity contribution in [2.45, 2.75) is 6.92 Å². The molecule has 21 heavy (non-hydrogen) atoms. The largest absolute Gasteiger partial charge is 0.462 e. The maximum atomic E-state index is 11.8. The Kier molecular flexibility index (Phi) is 5.09. The van der Waals surface area contributed by atoms with Crippen LogP contribution in [0.25, 0.3) is 0 Å². The van der Waals surface area contributed by atoms with Gasteiger partial charge in [0.25, 0.3) is 0 Å². The molecular weight excluding hydrogens is 356 g/mol. The van der Waals surface area contributed by atoms with E-state index in [0.29, 0.717) is 28.6 Å². The number of nitrogen functional groups attached to an aromatic ring is 1. The van der Waals surface area contributed by atoms with E-state index in [0.717, 1.165) is 10.2 Å². The van der Waals surface area contributed by atoms with E-state index in [1.54, 1.807) is 37.3 Å². The lowest BCUT2D eigenvalue weighted by Gasteiger charge is -2.12. The molecule has 0 radical (unpaired) electrons. The van der Waals surface area contributed by atoms with E-state index >= 15 is 0 Å². The maximum absolute atomic E-state index is 11.8. The number of nitrogens with one attached hydrogen (secondary N) is 1. The summed E-state index contributed by atoms with van der Waals surface area (Å²) < 4.78 is 5.82. The summed E-state index contributed by atoms with van der Waals surface area (Å²) in [6.07, 6.45) is 0. The lowest BCUT2D eigenvalue weighted by Crippen LogP contribution is -2.06. The van der Waals surface area contributed by atoms with Crippen molar-refractivity contribution in [2.24, 2.45) is 0 Å². The van der Waals surface area contributed by atoms with Gasteiger partial charge in [-0.3, -0.25) is 0 Å². The van der Waals surface area contributed by atoms with Crippen molar-refractivity contribution in [1.29, 1.82) is 0 Å². The standard InChI is InChI=1S/C15H14BrClN2O2/c1-2-21-15(20)9-3-6-12(18)14(7-9)19-13-8-10(17)4-5-11(13)16/h3-8,19H,2,18H2,1H3. The van der Waals surface area contributed by atoms with Crippen molar-refractivity contribution in [3.8, 4) is 0 Å². The van der Waals surface area contributed by atoms with Gasteiger partial charge in [-0.15, -0.1) is 0 Å². The smallest absolute Gasteiger partial charge is 0.338 e. The molecule has 3 N–H and O–H groups in total. The molecule has 6 heteroatoms. The van der Waals surface area contributed by atoms with Crippen LogP contribution in [0.15, 0.2) is 40.9 Å². The second kappa shape index (κ2) is 6.83. The van der Waals surface area contributed by atoms with E-state index in [2.05, 4.69) is 21.2 Å². The van der Waals surface area contributed by atoms with Crippen LogP contribution in [0.3, 0.4) is 0 Å². The molecule has 0 bridgehead atoms. The number of benzene rings is 2. The highest BCUT2D eigenvalue weighted by atomic mass is 79.9. The summed E-state index contributed by atoms with van der Waals surface area (Å²) in [4.78, 5) is 11.8. The third-order valence-corrected chi connectivity index (χ3v) is 3.69. The lowest BCUT2D eigenvalue weighted by molar-refractivity contribution is 0.0526. The predicted molar refractivity (Wildman–Crippen MR) is 89.2 cm³/mol. The molecule has 0 spiro atoms. The first-order valence-electron chi connectivity index (χ1n) is 6.30. The highest BCUT2D eigenvalue weighted by molar-refractivity contribution is 9.10. The molecule has 0 atom stereocenters. The second-order valence-corrected chi connectivity index (χ2v) is 5.56. The third-order valence-electron chi connectivity index (χ3n) is 2.76. The van der Waals surface area contributed by atoms with Crippen LogP contribution in [0.2, 0.25) is 5.02 Å². The lowest BCUT2D eigenvalue weighted by atomic mass is 10.1. The zero-order valence-electron chi connectivity index (χ0n) is 11.3. The number of carbonyl (C=O) groups excluding carboxylic acids is 1. The van der Waals surface area contributed by atoms with Crippen LogP contribution in [-0.4, -0.2) is 12.6 Å². The highest BCUT2D eigenvalue weighted by Crippen LogP contribution is 2.31. The van der Waals surface area contributed by atoms with Crippen LogP contribution in [0.5, 0.6) is 0 Å². The number of anilines is 3. The molecule has 0 aliphatic rings. The van der Waals surface area contributed by atoms with Gasteiger partial charge in [0.05, 0.1) is 29.2 Å². The molecule has 0 amide bonds. The summed E-state index contributed by atoms with van der Waals surface area (Å²) in [6, 6.07) is 10.3. The predicted octanol–water partition coefficient (Wildman–Crippen LogP) is 4.61. The Morgan fingerprint density at radius 1 is 1.29 bits per heavy atom. The van der Waals surface area contributed by atoms with E-state index in [-0.39, 0.29) is 5.97 Å². The minimum absolute atomic E-state index is 0.325. The van der Waals surface area contributed by atoms with E-state index < -0.39 is 0 Å². The number of nitrogens with two attached hydrogens (primary N) is 1. The van der Waals surface area contributed by atoms with Gasteiger partial charge in [-0.05, 0) is 59.3 Å². The van der Waals surface area contributed by atoms with Gasteiger partial charge in [0.1, 0.15) is 0 Å². The molecule has 0 saturated heterocycles. The summed E-state index contributed by atoms with van der Waals surface area (Å²) in [7, 11) is 0. The van der Waals surface area contributed by atoms with Gasteiger partial charge in [0.15, 0.2) is 0 Å². The summed E-state index contributed by atoms with van der Waals surface area (Å²) in [5, 5.41) is 3.75. The summed E-state index contributed by atoms with van der Waals surface area (Å²) in [6.45, 7) is 2.09. The van der Waals surface area contributed by atoms with Gasteiger partial charge in [-0.1, -0.05) is 11.6 Å². The molecular formula is C15H14BrClN2O2. The fourth-order valence-corrected chi connectivity index (χ4v) is 2.26. The topological polar surface area (TPSA) is 64.3 Å². The van der Waals surface area contributed by atoms with Gasteiger partial charge < -0.3 is 15.8 Å². The molecule has 0 fully saturated rings. The van der Waals surface area contributed by atoms with Crippen LogP contribution in [0.1, 0.15) is 17.3 Å². The molecule has 0 aliphatic heterocycles. The van der Waals surface area contributed by atoms with Crippen molar-refractivity contribution in [2.75, 3.05) is 17.7 Å². The Bertz CT molecular complexity index is 677. The van der Waals surface area contributed by atoms with Crippen LogP contribution in [0, 0.1) is 0 Å². The summed E-state index contributed by atoms with van der Waals surface area (Å²) in [5.41, 5.74) is 8.27. The maximum Gasteiger partial charge on any atom is 0.338 e. The van der Waals surface area contributed by atoms with Crippen molar-refractivity contribution in [1.82, 2.24) is 0 Å². The SMILES string of the molecule is CCOC(=O)c1ccc(N)c(Nc2cc(Cl)ccc2Br)c1. The summed E-state index contributed by atoms with van der Waals surface area (Å²) in [5.74, 6) is -0.384. The van der Waals surface area contributed by atoms with Crippen molar-refractivity contribution in [3.05, 3.63) is 51.5 Å². The number of carbonyl (C=O) groups is 1. The third kappa shape index (κ3) is 3.89. The molecule has 0 aliphatic carbocycles. The monoisotopic (exact) mass is 368 g/mol. The first-order valence-corrected chi connectivity index (χ1v) is 7.47. The Hall–Kier alpha value is -1.72. The van der Waals surface area contributed by atoms with Gasteiger partial charge in [0, 0.05) is 9.50 Å². The van der Waals surface area contributed by atoms with Crippen molar-refractivity contribution in [3.63, 3.8) is 0 Å². The molecule has 4 nitrogen and oxygen atoms in total. The number of halogens is 2. The molecule has 2 aromatic carbocycles. The van der Waals surface area contributed by atoms with Gasteiger partial charge in [-0.2, -0.15) is 0 Å². The molecule has 0 aromatic heterocycles. The first-order chi connectivity index (χ1) is 10.0. The fraction of sp³-hybridized carbons (Fsp3) is 0.133. The number of hydrogen-bond donors (Lipinski definition) is 2. The molecule has 110 valence electrons. The summed E-state index contributed by atoms with van der Waals surface area (Å²) >= 11 is 9.41. The van der Waals surface area contributed by atoms with Crippen LogP contribution >= 0.6 is 27.5 Å². The van der Waals surface area contributed by atoms with Crippen molar-refractivity contribution < 1.29 is 9.53 Å². The van der Waals surface area contributed by atoms with E-state index in [1.807, 2.05) is 6.07 Å². The quantitative estimate of drug-likeness (QED) is 0.610. The Morgan fingerprint density at radius 3 is 2.76 bits per heavy atom. The van der Waals surface area contributed by atoms with Crippen LogP contribution < -0.4 is 11.1 Å². The average molecular weight is 370 g/mol. The normalized spacial score (nSPS) is 10.2. The highest BCUT2D eigenvalue weighted by Gasteiger charge is 2.10. The molecule has 0 unspecified atom stereocenters. The second-order valence-electron chi connectivity index (χ2n) is 4.27. The molecule has 0 saturated carbocycles. The van der Waals surface area contributed by atoms with Crippen LogP contribution in [-0.2, 0) is 4.74 Å². The van der Waals surface area contributed by atoms with Crippen LogP contribution in [0.4, 0.5) is 17.1 Å². The number of hydrogen-bond acceptors (Lipinski definition) is 4. The number of rotatable bonds is 4. The van der Waals surface area contributed by atoms with E-state index in [1.165, 1.54) is 0 Å². The van der Waals surface area contributed by atoms with Gasteiger partial charge in [-0.25, -0.2) is 4.79 Å². The Labute approximate surface area is 136 Å². The number of ether oxygens (including phenoxy) is 1. The molecule has 2 rings (SSSR count). The number of esters is 1. The fourth-order valence-electron chi connectivity index (χ4n) is 1.74. The van der Waals surface area contributed by atoms with E-state index in [4.69, 9.17) is 22.1 Å². The Morgan fingerprint density at radius 2 is 2.05 bits per heavy atom. The zero-order valence-corrected chi connectivity index (χ0v) is 13.7. The molecule has 0 heterocycles. The minimum atomic E-state index is -0.384. The van der Waals surface area contributed by atoms with Gasteiger partial charge >= 0.3 is 5.97 Å². The minimum Gasteiger partial charge on any atom is -0.462 e. The average Bonchev–Trinajstić information content (AvgIpc) is 2.45. The molecule has 2 aromatic rings. The zero-order chi connectivity index (χ0) is 15.4. The Balaban J connectivity index is 2.33. The van der Waals surface area contributed by atoms with Crippen molar-refractivity contribution >= 4 is 50.6 Å². The van der Waals surface area contributed by atoms with E-state index in [9.17, 15) is 4.79 Å².